The van der Waals surface area contributed by atoms with Crippen molar-refractivity contribution in [3.63, 3.8) is 0 Å². The lowest BCUT2D eigenvalue weighted by atomic mass is 10.2. The maximum absolute atomic E-state index is 12.3. The van der Waals surface area contributed by atoms with Crippen LogP contribution in [0.15, 0.2) is 76.3 Å². The molecule has 0 saturated heterocycles. The molecule has 170 valence electrons. The van der Waals surface area contributed by atoms with E-state index in [2.05, 4.69) is 26.5 Å². The molecule has 0 bridgehead atoms. The van der Waals surface area contributed by atoms with Crippen LogP contribution in [0, 0.1) is 0 Å². The van der Waals surface area contributed by atoms with Gasteiger partial charge in [-0.25, -0.2) is 5.43 Å². The smallest absolute Gasteiger partial charge is 0.271 e. The van der Waals surface area contributed by atoms with Crippen molar-refractivity contribution in [3.05, 3.63) is 87.9 Å². The maximum Gasteiger partial charge on any atom is 0.271 e. The largest absolute Gasteiger partial charge is 0.493 e. The lowest BCUT2D eigenvalue weighted by Crippen LogP contribution is -2.20. The second-order valence-electron chi connectivity index (χ2n) is 6.80. The molecular weight excluding hydrogens is 490 g/mol. The fraction of sp³-hybridized carbons (Fsp3) is 0.125. The number of benzene rings is 3. The molecule has 0 saturated carbocycles. The molecule has 0 aliphatic rings. The molecule has 0 aromatic heterocycles. The Kier molecular flexibility index (Phi) is 8.43. The van der Waals surface area contributed by atoms with E-state index in [1.807, 2.05) is 24.3 Å². The van der Waals surface area contributed by atoms with E-state index in [0.717, 1.165) is 10.0 Å². The minimum atomic E-state index is -0.588. The van der Waals surface area contributed by atoms with Crippen molar-refractivity contribution in [2.45, 2.75) is 6.61 Å². The second-order valence-corrected chi connectivity index (χ2v) is 7.72. The zero-order valence-electron chi connectivity index (χ0n) is 17.8. The van der Waals surface area contributed by atoms with Crippen LogP contribution in [0.2, 0.25) is 0 Å². The Morgan fingerprint density at radius 3 is 2.39 bits per heavy atom. The van der Waals surface area contributed by atoms with Gasteiger partial charge in [-0.1, -0.05) is 28.1 Å². The molecule has 0 unspecified atom stereocenters. The Labute approximate surface area is 199 Å². The van der Waals surface area contributed by atoms with E-state index in [4.69, 9.17) is 19.9 Å². The molecule has 33 heavy (non-hydrogen) atoms. The van der Waals surface area contributed by atoms with Crippen LogP contribution >= 0.6 is 15.9 Å². The summed E-state index contributed by atoms with van der Waals surface area (Å²) in [7, 11) is 1.47. The van der Waals surface area contributed by atoms with Crippen molar-refractivity contribution in [2.75, 3.05) is 13.7 Å². The number of hydrogen-bond acceptors (Lipinski definition) is 6. The summed E-state index contributed by atoms with van der Waals surface area (Å²) in [5.74, 6) is 0.488. The van der Waals surface area contributed by atoms with E-state index < -0.39 is 5.91 Å². The van der Waals surface area contributed by atoms with Crippen LogP contribution in [0.5, 0.6) is 17.2 Å². The van der Waals surface area contributed by atoms with E-state index in [0.29, 0.717) is 35.0 Å². The highest BCUT2D eigenvalue weighted by molar-refractivity contribution is 9.10. The molecule has 0 atom stereocenters. The van der Waals surface area contributed by atoms with E-state index in [-0.39, 0.29) is 12.5 Å². The van der Waals surface area contributed by atoms with Crippen LogP contribution in [0.3, 0.4) is 0 Å². The summed E-state index contributed by atoms with van der Waals surface area (Å²) in [6.07, 6.45) is 1.47. The van der Waals surface area contributed by atoms with Gasteiger partial charge in [-0.3, -0.25) is 9.59 Å². The van der Waals surface area contributed by atoms with Crippen molar-refractivity contribution in [1.82, 2.24) is 5.43 Å². The quantitative estimate of drug-likeness (QED) is 0.318. The standard InChI is InChI=1S/C24H22BrN3O5/c1-31-22-12-17(4-11-21(22)33-15-23(26)29)13-27-28-24(30)18-5-9-20(10-6-18)32-14-16-2-7-19(25)8-3-16/h2-13H,14-15H2,1H3,(H2,26,29)(H,28,30)/b27-13-. The van der Waals surface area contributed by atoms with Gasteiger partial charge in [0.1, 0.15) is 12.4 Å². The first-order valence-corrected chi connectivity index (χ1v) is 10.6. The third kappa shape index (κ3) is 7.36. The lowest BCUT2D eigenvalue weighted by Gasteiger charge is -2.09. The van der Waals surface area contributed by atoms with Crippen molar-refractivity contribution in [1.29, 1.82) is 0 Å². The van der Waals surface area contributed by atoms with Crippen molar-refractivity contribution < 1.29 is 23.8 Å². The number of hydrogen-bond donors (Lipinski definition) is 2. The predicted molar refractivity (Wildman–Crippen MR) is 128 cm³/mol. The molecule has 3 rings (SSSR count). The highest BCUT2D eigenvalue weighted by atomic mass is 79.9. The number of nitrogens with one attached hydrogen (secondary N) is 1. The number of carbonyl (C=O) groups is 2. The van der Waals surface area contributed by atoms with Gasteiger partial charge in [0.05, 0.1) is 13.3 Å². The van der Waals surface area contributed by atoms with Crippen LogP contribution < -0.4 is 25.4 Å². The molecule has 3 aromatic rings. The molecule has 0 spiro atoms. The van der Waals surface area contributed by atoms with Gasteiger partial charge < -0.3 is 19.9 Å². The van der Waals surface area contributed by atoms with Gasteiger partial charge in [0.25, 0.3) is 11.8 Å². The number of amides is 2. The Morgan fingerprint density at radius 2 is 1.73 bits per heavy atom. The highest BCUT2D eigenvalue weighted by Gasteiger charge is 2.07. The van der Waals surface area contributed by atoms with Crippen molar-refractivity contribution in [2.24, 2.45) is 10.8 Å². The minimum Gasteiger partial charge on any atom is -0.493 e. The third-order valence-corrected chi connectivity index (χ3v) is 4.90. The van der Waals surface area contributed by atoms with E-state index in [1.165, 1.54) is 13.3 Å². The minimum absolute atomic E-state index is 0.256. The van der Waals surface area contributed by atoms with Crippen LogP contribution in [0.25, 0.3) is 0 Å². The van der Waals surface area contributed by atoms with Crippen LogP contribution in [0.1, 0.15) is 21.5 Å². The predicted octanol–water partition coefficient (Wildman–Crippen LogP) is 3.66. The Balaban J connectivity index is 1.53. The van der Waals surface area contributed by atoms with Crippen molar-refractivity contribution >= 4 is 34.0 Å². The van der Waals surface area contributed by atoms with E-state index >= 15 is 0 Å². The number of rotatable bonds is 10. The van der Waals surface area contributed by atoms with Gasteiger partial charge in [-0.15, -0.1) is 0 Å². The lowest BCUT2D eigenvalue weighted by molar-refractivity contribution is -0.119. The number of nitrogens with two attached hydrogens (primary N) is 1. The zero-order valence-corrected chi connectivity index (χ0v) is 19.4. The van der Waals surface area contributed by atoms with Gasteiger partial charge in [-0.2, -0.15) is 5.10 Å². The summed E-state index contributed by atoms with van der Waals surface area (Å²) in [5.41, 5.74) is 9.70. The first-order chi connectivity index (χ1) is 15.9. The topological polar surface area (TPSA) is 112 Å². The molecule has 3 aromatic carbocycles. The van der Waals surface area contributed by atoms with Gasteiger partial charge >= 0.3 is 0 Å². The average molecular weight is 512 g/mol. The summed E-state index contributed by atoms with van der Waals surface area (Å²) in [6, 6.07) is 19.6. The van der Waals surface area contributed by atoms with Crippen molar-refractivity contribution in [3.8, 4) is 17.2 Å². The summed E-state index contributed by atoms with van der Waals surface area (Å²) in [5, 5.41) is 3.97. The molecule has 0 fully saturated rings. The Hall–Kier alpha value is -3.85. The second kappa shape index (κ2) is 11.7. The molecule has 3 N–H and O–H groups in total. The van der Waals surface area contributed by atoms with Gasteiger partial charge in [0.15, 0.2) is 18.1 Å². The summed E-state index contributed by atoms with van der Waals surface area (Å²) >= 11 is 3.40. The number of nitrogens with zero attached hydrogens (tertiary/aromatic N) is 1. The normalized spacial score (nSPS) is 10.6. The number of methoxy groups -OCH3 is 1. The summed E-state index contributed by atoms with van der Waals surface area (Å²) in [6.45, 7) is 0.173. The van der Waals surface area contributed by atoms with Crippen LogP contribution in [-0.4, -0.2) is 31.7 Å². The molecule has 8 nitrogen and oxygen atoms in total. The number of primary amides is 1. The molecule has 0 aliphatic heterocycles. The highest BCUT2D eigenvalue weighted by Crippen LogP contribution is 2.27. The maximum atomic E-state index is 12.3. The first-order valence-electron chi connectivity index (χ1n) is 9.84. The van der Waals surface area contributed by atoms with Crippen LogP contribution in [0.4, 0.5) is 0 Å². The number of halogens is 1. The first kappa shape index (κ1) is 23.8. The molecule has 9 heteroatoms. The van der Waals surface area contributed by atoms with Gasteiger partial charge in [0.2, 0.25) is 0 Å². The van der Waals surface area contributed by atoms with Crippen LogP contribution in [-0.2, 0) is 11.4 Å². The van der Waals surface area contributed by atoms with E-state index in [9.17, 15) is 9.59 Å². The molecule has 0 aliphatic carbocycles. The molecule has 2 amide bonds. The fourth-order valence-electron chi connectivity index (χ4n) is 2.71. The van der Waals surface area contributed by atoms with E-state index in [1.54, 1.807) is 42.5 Å². The van der Waals surface area contributed by atoms with Gasteiger partial charge in [-0.05, 0) is 65.7 Å². The van der Waals surface area contributed by atoms with Gasteiger partial charge in [0, 0.05) is 10.0 Å². The third-order valence-electron chi connectivity index (χ3n) is 4.37. The fourth-order valence-corrected chi connectivity index (χ4v) is 2.98. The Bertz CT molecular complexity index is 1130. The summed E-state index contributed by atoms with van der Waals surface area (Å²) < 4.78 is 17.3. The molecule has 0 radical (unpaired) electrons. The number of carbonyl (C=O) groups excluding carboxylic acids is 2. The Morgan fingerprint density at radius 1 is 1.00 bits per heavy atom. The number of ether oxygens (including phenoxy) is 3. The SMILES string of the molecule is COc1cc(/C=N\NC(=O)c2ccc(OCc3ccc(Br)cc3)cc2)ccc1OCC(N)=O. The monoisotopic (exact) mass is 511 g/mol. The zero-order chi connectivity index (χ0) is 23.6. The molecular formula is C24H22BrN3O5. The number of hydrazone groups is 1. The summed E-state index contributed by atoms with van der Waals surface area (Å²) in [4.78, 5) is 23.2. The average Bonchev–Trinajstić information content (AvgIpc) is 2.83. The molecule has 0 heterocycles.